The van der Waals surface area contributed by atoms with Gasteiger partial charge in [-0.1, -0.05) is 29.3 Å². The van der Waals surface area contributed by atoms with Gasteiger partial charge in [0.2, 0.25) is 0 Å². The highest BCUT2D eigenvalue weighted by atomic mass is 35.5. The molecule has 3 aromatic rings. The summed E-state index contributed by atoms with van der Waals surface area (Å²) < 4.78 is 1.81. The maximum Gasteiger partial charge on any atom is 0.268 e. The Morgan fingerprint density at radius 3 is 2.76 bits per heavy atom. The van der Waals surface area contributed by atoms with Crippen LogP contribution in [0.25, 0.3) is 10.9 Å². The zero-order valence-electron chi connectivity index (χ0n) is 13.8. The maximum absolute atomic E-state index is 12.7. The van der Waals surface area contributed by atoms with Crippen molar-refractivity contribution in [1.29, 1.82) is 0 Å². The third kappa shape index (κ3) is 3.49. The molecule has 5 nitrogen and oxygen atoms in total. The number of hydrogen-bond donors (Lipinski definition) is 2. The van der Waals surface area contributed by atoms with Crippen molar-refractivity contribution in [2.24, 2.45) is 7.05 Å². The van der Waals surface area contributed by atoms with E-state index < -0.39 is 0 Å². The summed E-state index contributed by atoms with van der Waals surface area (Å²) in [6.07, 6.45) is 1.60. The normalized spacial score (nSPS) is 12.4. The van der Waals surface area contributed by atoms with Crippen molar-refractivity contribution in [3.63, 3.8) is 0 Å². The van der Waals surface area contributed by atoms with Gasteiger partial charge in [0.05, 0.1) is 23.4 Å². The summed E-state index contributed by atoms with van der Waals surface area (Å²) in [5.74, 6) is -0.204. The molecule has 0 radical (unpaired) electrons. The lowest BCUT2D eigenvalue weighted by Gasteiger charge is -2.15. The van der Waals surface area contributed by atoms with Crippen molar-refractivity contribution in [2.45, 2.75) is 19.6 Å². The van der Waals surface area contributed by atoms with Gasteiger partial charge in [0, 0.05) is 29.2 Å². The third-order valence-corrected chi connectivity index (χ3v) is 4.74. The number of aromatic nitrogens is 2. The van der Waals surface area contributed by atoms with Crippen LogP contribution in [0.1, 0.15) is 34.7 Å². The van der Waals surface area contributed by atoms with E-state index >= 15 is 0 Å². The van der Waals surface area contributed by atoms with Crippen LogP contribution in [0.3, 0.4) is 0 Å². The fourth-order valence-corrected chi connectivity index (χ4v) is 3.11. The number of carbonyl (C=O) groups excluding carboxylic acids is 1. The number of benzene rings is 1. The number of nitrogens with one attached hydrogen (secondary N) is 1. The maximum atomic E-state index is 12.7. The van der Waals surface area contributed by atoms with Crippen LogP contribution >= 0.6 is 23.2 Å². The highest BCUT2D eigenvalue weighted by molar-refractivity contribution is 6.31. The van der Waals surface area contributed by atoms with Crippen LogP contribution in [0.15, 0.2) is 36.5 Å². The number of nitrogens with zero attached hydrogens (tertiary/aromatic N) is 2. The molecular formula is C18H17Cl2N3O2. The molecule has 2 heterocycles. The van der Waals surface area contributed by atoms with Gasteiger partial charge in [-0.25, -0.2) is 0 Å². The number of aliphatic hydroxyl groups excluding tert-OH is 1. The Kier molecular flexibility index (Phi) is 4.99. The number of aryl methyl sites for hydroxylation is 1. The second kappa shape index (κ2) is 7.04. The highest BCUT2D eigenvalue weighted by Gasteiger charge is 2.17. The lowest BCUT2D eigenvalue weighted by Crippen LogP contribution is -2.28. The van der Waals surface area contributed by atoms with E-state index in [0.717, 1.165) is 16.5 Å². The molecule has 0 saturated heterocycles. The molecule has 1 aromatic carbocycles. The Hall–Kier alpha value is -2.08. The van der Waals surface area contributed by atoms with E-state index in [1.54, 1.807) is 18.3 Å². The minimum absolute atomic E-state index is 0.204. The van der Waals surface area contributed by atoms with Gasteiger partial charge in [0.1, 0.15) is 5.69 Å². The molecular weight excluding hydrogens is 361 g/mol. The second-order valence-electron chi connectivity index (χ2n) is 5.84. The first-order valence-electron chi connectivity index (χ1n) is 7.71. The SMILES string of the molecule is CC(NC(=O)c1cc2ccc(Cl)cc2n1C)c1cnc(CO)c(Cl)c1. The van der Waals surface area contributed by atoms with Crippen LogP contribution in [-0.4, -0.2) is 20.6 Å². The van der Waals surface area contributed by atoms with Gasteiger partial charge in [-0.15, -0.1) is 0 Å². The van der Waals surface area contributed by atoms with Gasteiger partial charge >= 0.3 is 0 Å². The Bertz CT molecular complexity index is 953. The van der Waals surface area contributed by atoms with E-state index in [4.69, 9.17) is 28.3 Å². The molecule has 3 rings (SSSR count). The first-order chi connectivity index (χ1) is 11.9. The molecule has 0 aliphatic heterocycles. The number of halogens is 2. The number of hydrogen-bond acceptors (Lipinski definition) is 3. The predicted molar refractivity (Wildman–Crippen MR) is 99.0 cm³/mol. The van der Waals surface area contributed by atoms with Crippen molar-refractivity contribution >= 4 is 40.0 Å². The molecule has 1 atom stereocenters. The summed E-state index contributed by atoms with van der Waals surface area (Å²) in [6, 6.07) is 8.75. The second-order valence-corrected chi connectivity index (χ2v) is 6.69. The van der Waals surface area contributed by atoms with E-state index in [1.807, 2.05) is 36.7 Å². The van der Waals surface area contributed by atoms with E-state index in [0.29, 0.717) is 21.4 Å². The van der Waals surface area contributed by atoms with E-state index in [9.17, 15) is 4.79 Å². The van der Waals surface area contributed by atoms with Crippen molar-refractivity contribution in [2.75, 3.05) is 0 Å². The molecule has 0 fully saturated rings. The number of pyridine rings is 1. The highest BCUT2D eigenvalue weighted by Crippen LogP contribution is 2.24. The number of rotatable bonds is 4. The Labute approximate surface area is 155 Å². The van der Waals surface area contributed by atoms with Crippen LogP contribution in [0.4, 0.5) is 0 Å². The summed E-state index contributed by atoms with van der Waals surface area (Å²) in [4.78, 5) is 16.8. The van der Waals surface area contributed by atoms with E-state index in [1.165, 1.54) is 0 Å². The molecule has 130 valence electrons. The fourth-order valence-electron chi connectivity index (χ4n) is 2.71. The largest absolute Gasteiger partial charge is 0.390 e. The monoisotopic (exact) mass is 377 g/mol. The van der Waals surface area contributed by atoms with Gasteiger partial charge in [-0.3, -0.25) is 9.78 Å². The molecule has 2 N–H and O–H groups in total. The summed E-state index contributed by atoms with van der Waals surface area (Å²) in [6.45, 7) is 1.63. The van der Waals surface area contributed by atoms with Gasteiger partial charge in [0.15, 0.2) is 0 Å². The summed E-state index contributed by atoms with van der Waals surface area (Å²) in [5, 5.41) is 14.0. The molecule has 0 saturated carbocycles. The first-order valence-corrected chi connectivity index (χ1v) is 8.47. The minimum atomic E-state index is -0.285. The molecule has 25 heavy (non-hydrogen) atoms. The quantitative estimate of drug-likeness (QED) is 0.725. The number of fused-ring (bicyclic) bond motifs is 1. The first kappa shape index (κ1) is 17.7. The Balaban J connectivity index is 1.84. The number of carbonyl (C=O) groups is 1. The molecule has 1 unspecified atom stereocenters. The summed E-state index contributed by atoms with van der Waals surface area (Å²) in [5.41, 5.74) is 2.60. The third-order valence-electron chi connectivity index (χ3n) is 4.18. The Morgan fingerprint density at radius 2 is 2.08 bits per heavy atom. The smallest absolute Gasteiger partial charge is 0.268 e. The molecule has 7 heteroatoms. The standard InChI is InChI=1S/C18H17Cl2N3O2/c1-10(12-5-14(20)15(9-24)21-8-12)22-18(25)17-6-11-3-4-13(19)7-16(11)23(17)2/h3-8,10,24H,9H2,1-2H3,(H,22,25). The van der Waals surface area contributed by atoms with Crippen LogP contribution in [0.2, 0.25) is 10.0 Å². The zero-order valence-corrected chi connectivity index (χ0v) is 15.3. The summed E-state index contributed by atoms with van der Waals surface area (Å²) in [7, 11) is 1.83. The minimum Gasteiger partial charge on any atom is -0.390 e. The van der Waals surface area contributed by atoms with Crippen molar-refractivity contribution in [3.05, 3.63) is 63.5 Å². The van der Waals surface area contributed by atoms with Crippen LogP contribution in [-0.2, 0) is 13.7 Å². The van der Waals surface area contributed by atoms with Gasteiger partial charge in [0.25, 0.3) is 5.91 Å². The van der Waals surface area contributed by atoms with Crippen LogP contribution < -0.4 is 5.32 Å². The molecule has 0 bridgehead atoms. The van der Waals surface area contributed by atoms with Crippen molar-refractivity contribution < 1.29 is 9.90 Å². The number of amides is 1. The van der Waals surface area contributed by atoms with E-state index in [-0.39, 0.29) is 18.6 Å². The predicted octanol–water partition coefficient (Wildman–Crippen LogP) is 3.86. The van der Waals surface area contributed by atoms with Crippen molar-refractivity contribution in [1.82, 2.24) is 14.9 Å². The van der Waals surface area contributed by atoms with Crippen LogP contribution in [0.5, 0.6) is 0 Å². The molecule has 2 aromatic heterocycles. The molecule has 0 aliphatic carbocycles. The van der Waals surface area contributed by atoms with Gasteiger partial charge < -0.3 is 15.0 Å². The lowest BCUT2D eigenvalue weighted by atomic mass is 10.1. The van der Waals surface area contributed by atoms with Gasteiger partial charge in [-0.2, -0.15) is 0 Å². The Morgan fingerprint density at radius 1 is 1.32 bits per heavy atom. The van der Waals surface area contributed by atoms with Crippen LogP contribution in [0, 0.1) is 0 Å². The number of aliphatic hydroxyl groups is 1. The lowest BCUT2D eigenvalue weighted by molar-refractivity contribution is 0.0932. The van der Waals surface area contributed by atoms with Gasteiger partial charge in [-0.05, 0) is 36.8 Å². The molecule has 0 spiro atoms. The molecule has 1 amide bonds. The zero-order chi connectivity index (χ0) is 18.1. The van der Waals surface area contributed by atoms with E-state index in [2.05, 4.69) is 10.3 Å². The average molecular weight is 378 g/mol. The fraction of sp³-hybridized carbons (Fsp3) is 0.222. The summed E-state index contributed by atoms with van der Waals surface area (Å²) >= 11 is 12.1. The average Bonchev–Trinajstić information content (AvgIpc) is 2.91. The molecule has 0 aliphatic rings. The van der Waals surface area contributed by atoms with Crippen molar-refractivity contribution in [3.8, 4) is 0 Å². The topological polar surface area (TPSA) is 67.2 Å².